The number of hydrogen-bond acceptors (Lipinski definition) is 4. The van der Waals surface area contributed by atoms with Crippen LogP contribution >= 0.6 is 22.6 Å². The Hall–Kier alpha value is -0.400. The highest BCUT2D eigenvalue weighted by Crippen LogP contribution is 2.28. The van der Waals surface area contributed by atoms with Gasteiger partial charge in [0.1, 0.15) is 5.82 Å². The number of halogens is 1. The van der Waals surface area contributed by atoms with Gasteiger partial charge in [0.05, 0.1) is 16.3 Å². The number of anilines is 1. The van der Waals surface area contributed by atoms with Crippen molar-refractivity contribution in [2.45, 2.75) is 18.9 Å². The summed E-state index contributed by atoms with van der Waals surface area (Å²) in [5, 5.41) is 12.8. The molecule has 1 aliphatic carbocycles. The molecule has 0 aliphatic heterocycles. The van der Waals surface area contributed by atoms with Crippen molar-refractivity contribution in [3.8, 4) is 0 Å². The minimum absolute atomic E-state index is 0.396. The van der Waals surface area contributed by atoms with E-state index in [2.05, 4.69) is 32.9 Å². The van der Waals surface area contributed by atoms with Gasteiger partial charge in [0, 0.05) is 19.3 Å². The molecule has 0 radical (unpaired) electrons. The number of pyridine rings is 1. The molecule has 0 spiro atoms. The molecular weight excluding hydrogens is 331 g/mol. The van der Waals surface area contributed by atoms with Gasteiger partial charge >= 0.3 is 0 Å². The fourth-order valence-electron chi connectivity index (χ4n) is 1.44. The van der Waals surface area contributed by atoms with E-state index in [9.17, 15) is 5.11 Å². The molecule has 1 heterocycles. The fraction of sp³-hybridized carbons (Fsp3) is 0.583. The van der Waals surface area contributed by atoms with Gasteiger partial charge in [0.2, 0.25) is 0 Å². The van der Waals surface area contributed by atoms with Gasteiger partial charge < -0.3 is 15.2 Å². The Labute approximate surface area is 115 Å². The van der Waals surface area contributed by atoms with Gasteiger partial charge in [-0.05, 0) is 53.5 Å². The lowest BCUT2D eigenvalue weighted by Crippen LogP contribution is -2.25. The van der Waals surface area contributed by atoms with Crippen LogP contribution in [0.25, 0.3) is 0 Å². The molecule has 5 heteroatoms. The fourth-order valence-corrected chi connectivity index (χ4v) is 1.98. The molecule has 2 N–H and O–H groups in total. The summed E-state index contributed by atoms with van der Waals surface area (Å²) in [5.41, 5.74) is 0. The van der Waals surface area contributed by atoms with Gasteiger partial charge in [-0.2, -0.15) is 0 Å². The minimum Gasteiger partial charge on any atom is -0.389 e. The maximum Gasteiger partial charge on any atom is 0.139 e. The highest BCUT2D eigenvalue weighted by Gasteiger charge is 2.21. The van der Waals surface area contributed by atoms with Gasteiger partial charge in [-0.1, -0.05) is 0 Å². The van der Waals surface area contributed by atoms with E-state index in [0.29, 0.717) is 13.2 Å². The lowest BCUT2D eigenvalue weighted by Gasteiger charge is -2.13. The summed E-state index contributed by atoms with van der Waals surface area (Å²) in [6, 6.07) is 3.87. The van der Waals surface area contributed by atoms with Crippen molar-refractivity contribution in [2.75, 3.05) is 25.1 Å². The lowest BCUT2D eigenvalue weighted by molar-refractivity contribution is 0.0385. The molecule has 17 heavy (non-hydrogen) atoms. The van der Waals surface area contributed by atoms with E-state index in [1.807, 2.05) is 12.1 Å². The van der Waals surface area contributed by atoms with Crippen LogP contribution in [-0.2, 0) is 4.74 Å². The average Bonchev–Trinajstić information content (AvgIpc) is 3.12. The molecule has 1 fully saturated rings. The first-order valence-electron chi connectivity index (χ1n) is 5.86. The third-order valence-electron chi connectivity index (χ3n) is 2.62. The summed E-state index contributed by atoms with van der Waals surface area (Å²) < 4.78 is 6.48. The zero-order valence-corrected chi connectivity index (χ0v) is 11.8. The molecule has 0 bridgehead atoms. The Morgan fingerprint density at radius 1 is 1.59 bits per heavy atom. The third kappa shape index (κ3) is 4.77. The zero-order valence-electron chi connectivity index (χ0n) is 9.60. The Kier molecular flexibility index (Phi) is 4.99. The molecule has 2 rings (SSSR count). The van der Waals surface area contributed by atoms with Crippen molar-refractivity contribution in [2.24, 2.45) is 5.92 Å². The lowest BCUT2D eigenvalue weighted by atomic mass is 10.3. The van der Waals surface area contributed by atoms with E-state index in [1.165, 1.54) is 12.8 Å². The maximum atomic E-state index is 9.72. The number of rotatable bonds is 7. The molecule has 4 nitrogen and oxygen atoms in total. The molecule has 1 aromatic heterocycles. The van der Waals surface area contributed by atoms with Crippen molar-refractivity contribution in [1.82, 2.24) is 4.98 Å². The number of nitrogens with one attached hydrogen (secondary N) is 1. The second-order valence-electron chi connectivity index (χ2n) is 4.35. The van der Waals surface area contributed by atoms with Crippen LogP contribution in [0.3, 0.4) is 0 Å². The molecule has 0 unspecified atom stereocenters. The summed E-state index contributed by atoms with van der Waals surface area (Å²) in [7, 11) is 0. The van der Waals surface area contributed by atoms with Crippen LogP contribution in [0.15, 0.2) is 18.3 Å². The van der Waals surface area contributed by atoms with Crippen molar-refractivity contribution in [3.63, 3.8) is 0 Å². The third-order valence-corrected chi connectivity index (χ3v) is 3.49. The topological polar surface area (TPSA) is 54.4 Å². The molecule has 1 aliphatic rings. The normalized spacial score (nSPS) is 16.8. The predicted octanol–water partition coefficient (Wildman–Crippen LogP) is 1.89. The largest absolute Gasteiger partial charge is 0.389 e. The summed E-state index contributed by atoms with van der Waals surface area (Å²) in [6.45, 7) is 1.66. The standard InChI is InChI=1S/C12H17IN2O2/c13-11-2-1-5-14-12(11)15-6-10(16)8-17-7-9-3-4-9/h1-2,5,9-10,16H,3-4,6-8H2,(H,14,15)/t10-/m1/s1. The van der Waals surface area contributed by atoms with Crippen LogP contribution in [-0.4, -0.2) is 36.0 Å². The highest BCUT2D eigenvalue weighted by atomic mass is 127. The number of nitrogens with zero attached hydrogens (tertiary/aromatic N) is 1. The predicted molar refractivity (Wildman–Crippen MR) is 75.0 cm³/mol. The second kappa shape index (κ2) is 6.51. The van der Waals surface area contributed by atoms with Crippen LogP contribution in [0.1, 0.15) is 12.8 Å². The van der Waals surface area contributed by atoms with Crippen molar-refractivity contribution in [1.29, 1.82) is 0 Å². The summed E-state index contributed by atoms with van der Waals surface area (Å²) in [6.07, 6.45) is 3.81. The first-order valence-corrected chi connectivity index (χ1v) is 6.94. The van der Waals surface area contributed by atoms with Gasteiger partial charge in [0.15, 0.2) is 0 Å². The summed E-state index contributed by atoms with van der Waals surface area (Å²) >= 11 is 2.21. The Morgan fingerprint density at radius 3 is 3.12 bits per heavy atom. The van der Waals surface area contributed by atoms with Crippen LogP contribution < -0.4 is 5.32 Å². The SMILES string of the molecule is O[C@H](CNc1ncccc1I)COCC1CC1. The van der Waals surface area contributed by atoms with Crippen LogP contribution in [0.4, 0.5) is 5.82 Å². The average molecular weight is 348 g/mol. The Balaban J connectivity index is 1.64. The zero-order chi connectivity index (χ0) is 12.1. The van der Waals surface area contributed by atoms with Gasteiger partial charge in [-0.25, -0.2) is 4.98 Å². The number of hydrogen-bond donors (Lipinski definition) is 2. The highest BCUT2D eigenvalue weighted by molar-refractivity contribution is 14.1. The van der Waals surface area contributed by atoms with Gasteiger partial charge in [-0.3, -0.25) is 0 Å². The molecule has 94 valence electrons. The number of ether oxygens (including phenoxy) is 1. The van der Waals surface area contributed by atoms with Crippen LogP contribution in [0.2, 0.25) is 0 Å². The van der Waals surface area contributed by atoms with E-state index in [1.54, 1.807) is 6.20 Å². The molecule has 1 atom stereocenters. The van der Waals surface area contributed by atoms with E-state index in [0.717, 1.165) is 21.9 Å². The summed E-state index contributed by atoms with van der Waals surface area (Å²) in [4.78, 5) is 4.20. The molecule has 0 aromatic carbocycles. The number of aliphatic hydroxyl groups excluding tert-OH is 1. The van der Waals surface area contributed by atoms with E-state index in [4.69, 9.17) is 4.74 Å². The maximum absolute atomic E-state index is 9.72. The second-order valence-corrected chi connectivity index (χ2v) is 5.51. The van der Waals surface area contributed by atoms with E-state index in [-0.39, 0.29) is 0 Å². The van der Waals surface area contributed by atoms with Crippen molar-refractivity contribution in [3.05, 3.63) is 21.9 Å². The molecule has 1 saturated carbocycles. The first-order chi connectivity index (χ1) is 8.25. The molecular formula is C12H17IN2O2. The first kappa shape index (κ1) is 13.0. The molecule has 0 saturated heterocycles. The quantitative estimate of drug-likeness (QED) is 0.739. The van der Waals surface area contributed by atoms with Crippen LogP contribution in [0.5, 0.6) is 0 Å². The monoisotopic (exact) mass is 348 g/mol. The Morgan fingerprint density at radius 2 is 2.41 bits per heavy atom. The number of aromatic nitrogens is 1. The smallest absolute Gasteiger partial charge is 0.139 e. The number of aliphatic hydroxyl groups is 1. The van der Waals surface area contributed by atoms with Crippen molar-refractivity contribution < 1.29 is 9.84 Å². The summed E-state index contributed by atoms with van der Waals surface area (Å²) in [5.74, 6) is 1.56. The molecule has 1 aromatic rings. The van der Waals surface area contributed by atoms with E-state index < -0.39 is 6.10 Å². The molecule has 0 amide bonds. The Bertz CT molecular complexity index is 358. The van der Waals surface area contributed by atoms with Gasteiger partial charge in [-0.15, -0.1) is 0 Å². The van der Waals surface area contributed by atoms with Crippen LogP contribution in [0, 0.1) is 9.49 Å². The van der Waals surface area contributed by atoms with Gasteiger partial charge in [0.25, 0.3) is 0 Å². The minimum atomic E-state index is -0.480. The van der Waals surface area contributed by atoms with Crippen molar-refractivity contribution >= 4 is 28.4 Å². The van der Waals surface area contributed by atoms with E-state index >= 15 is 0 Å².